The molecule has 0 atom stereocenters. The van der Waals surface area contributed by atoms with Gasteiger partial charge in [-0.3, -0.25) is 0 Å². The van der Waals surface area contributed by atoms with E-state index in [9.17, 15) is 8.42 Å². The molecular weight excluding hydrogens is 264 g/mol. The van der Waals surface area contributed by atoms with E-state index in [2.05, 4.69) is 0 Å². The van der Waals surface area contributed by atoms with Gasteiger partial charge in [-0.1, -0.05) is 19.3 Å². The van der Waals surface area contributed by atoms with Crippen LogP contribution in [0.4, 0.5) is 0 Å². The van der Waals surface area contributed by atoms with Crippen molar-refractivity contribution in [3.05, 3.63) is 0 Å². The normalized spacial score (nSPS) is 23.3. The van der Waals surface area contributed by atoms with Crippen LogP contribution >= 0.6 is 0 Å². The molecule has 0 aromatic rings. The molecule has 6 heteroatoms. The SMILES string of the molecule is O=S(=O)(N1CCCCCC1)N(CCCO)C1CCC1. The summed E-state index contributed by atoms with van der Waals surface area (Å²) in [5.74, 6) is 0. The average molecular weight is 290 g/mol. The van der Waals surface area contributed by atoms with Gasteiger partial charge in [0.15, 0.2) is 0 Å². The van der Waals surface area contributed by atoms with Crippen LogP contribution in [0.3, 0.4) is 0 Å². The van der Waals surface area contributed by atoms with Gasteiger partial charge in [0.1, 0.15) is 0 Å². The summed E-state index contributed by atoms with van der Waals surface area (Å²) >= 11 is 0. The molecule has 0 aromatic carbocycles. The lowest BCUT2D eigenvalue weighted by Gasteiger charge is -2.39. The van der Waals surface area contributed by atoms with E-state index in [1.807, 2.05) is 0 Å². The van der Waals surface area contributed by atoms with E-state index in [1.165, 1.54) is 0 Å². The third-order valence-electron chi connectivity index (χ3n) is 4.21. The van der Waals surface area contributed by atoms with Gasteiger partial charge in [-0.15, -0.1) is 0 Å². The van der Waals surface area contributed by atoms with Gasteiger partial charge in [0.05, 0.1) is 0 Å². The summed E-state index contributed by atoms with van der Waals surface area (Å²) < 4.78 is 28.8. The number of hydrogen-bond acceptors (Lipinski definition) is 3. The smallest absolute Gasteiger partial charge is 0.282 e. The predicted octanol–water partition coefficient (Wildman–Crippen LogP) is 1.34. The van der Waals surface area contributed by atoms with Crippen LogP contribution in [0.2, 0.25) is 0 Å². The van der Waals surface area contributed by atoms with Crippen LogP contribution in [-0.2, 0) is 10.2 Å². The molecule has 1 saturated carbocycles. The minimum Gasteiger partial charge on any atom is -0.396 e. The summed E-state index contributed by atoms with van der Waals surface area (Å²) in [6.45, 7) is 1.83. The van der Waals surface area contributed by atoms with Crippen molar-refractivity contribution in [3.8, 4) is 0 Å². The second-order valence-electron chi connectivity index (χ2n) is 5.59. The van der Waals surface area contributed by atoms with Gasteiger partial charge in [-0.25, -0.2) is 0 Å². The molecule has 0 unspecified atom stereocenters. The molecule has 19 heavy (non-hydrogen) atoms. The van der Waals surface area contributed by atoms with Crippen molar-refractivity contribution in [3.63, 3.8) is 0 Å². The predicted molar refractivity (Wildman–Crippen MR) is 75.0 cm³/mol. The van der Waals surface area contributed by atoms with Crippen molar-refractivity contribution in [2.24, 2.45) is 0 Å². The van der Waals surface area contributed by atoms with Gasteiger partial charge < -0.3 is 5.11 Å². The van der Waals surface area contributed by atoms with E-state index >= 15 is 0 Å². The quantitative estimate of drug-likeness (QED) is 0.803. The first-order chi connectivity index (χ1) is 9.16. The van der Waals surface area contributed by atoms with E-state index in [0.29, 0.717) is 26.1 Å². The van der Waals surface area contributed by atoms with Crippen LogP contribution in [0.5, 0.6) is 0 Å². The Labute approximate surface area is 116 Å². The Morgan fingerprint density at radius 1 is 1.05 bits per heavy atom. The van der Waals surface area contributed by atoms with Crippen LogP contribution in [0.15, 0.2) is 0 Å². The van der Waals surface area contributed by atoms with Gasteiger partial charge in [-0.05, 0) is 32.1 Å². The van der Waals surface area contributed by atoms with E-state index in [1.54, 1.807) is 8.61 Å². The molecule has 112 valence electrons. The largest absolute Gasteiger partial charge is 0.396 e. The van der Waals surface area contributed by atoms with Gasteiger partial charge >= 0.3 is 0 Å². The lowest BCUT2D eigenvalue weighted by Crippen LogP contribution is -2.51. The number of nitrogens with zero attached hydrogens (tertiary/aromatic N) is 2. The maximum absolute atomic E-state index is 12.7. The summed E-state index contributed by atoms with van der Waals surface area (Å²) in [4.78, 5) is 0. The molecule has 1 N–H and O–H groups in total. The second kappa shape index (κ2) is 7.02. The molecule has 1 aliphatic heterocycles. The molecule has 2 rings (SSSR count). The highest BCUT2D eigenvalue weighted by atomic mass is 32.2. The number of aliphatic hydroxyl groups excluding tert-OH is 1. The topological polar surface area (TPSA) is 60.9 Å². The maximum Gasteiger partial charge on any atom is 0.282 e. The fraction of sp³-hybridized carbons (Fsp3) is 1.00. The molecule has 0 amide bonds. The lowest BCUT2D eigenvalue weighted by atomic mass is 9.93. The summed E-state index contributed by atoms with van der Waals surface area (Å²) in [6, 6.07) is 0.166. The van der Waals surface area contributed by atoms with Gasteiger partial charge in [0.25, 0.3) is 10.2 Å². The monoisotopic (exact) mass is 290 g/mol. The van der Waals surface area contributed by atoms with Crippen LogP contribution in [0, 0.1) is 0 Å². The van der Waals surface area contributed by atoms with Crippen molar-refractivity contribution < 1.29 is 13.5 Å². The molecule has 0 spiro atoms. The first-order valence-corrected chi connectivity index (χ1v) is 8.94. The summed E-state index contributed by atoms with van der Waals surface area (Å²) in [5, 5.41) is 8.97. The van der Waals surface area contributed by atoms with Crippen molar-refractivity contribution in [2.75, 3.05) is 26.2 Å². The molecule has 1 heterocycles. The van der Waals surface area contributed by atoms with Gasteiger partial charge in [0.2, 0.25) is 0 Å². The molecule has 5 nitrogen and oxygen atoms in total. The summed E-state index contributed by atoms with van der Waals surface area (Å²) in [6.07, 6.45) is 7.80. The molecule has 0 aromatic heterocycles. The first-order valence-electron chi connectivity index (χ1n) is 7.54. The van der Waals surface area contributed by atoms with E-state index in [-0.39, 0.29) is 12.6 Å². The standard InChI is InChI=1S/C13H26N2O3S/c16-12-6-11-15(13-7-5-8-13)19(17,18)14-9-3-1-2-4-10-14/h13,16H,1-12H2. The number of hydrogen-bond donors (Lipinski definition) is 1. The zero-order valence-electron chi connectivity index (χ0n) is 11.6. The Morgan fingerprint density at radius 2 is 1.68 bits per heavy atom. The molecule has 1 aliphatic carbocycles. The number of aliphatic hydroxyl groups is 1. The molecule has 1 saturated heterocycles. The van der Waals surface area contributed by atoms with Crippen LogP contribution in [0.25, 0.3) is 0 Å². The van der Waals surface area contributed by atoms with Gasteiger partial charge in [0, 0.05) is 32.3 Å². The second-order valence-corrected chi connectivity index (χ2v) is 7.47. The third-order valence-corrected chi connectivity index (χ3v) is 6.30. The Hall–Kier alpha value is -0.170. The van der Waals surface area contributed by atoms with Crippen molar-refractivity contribution in [1.29, 1.82) is 0 Å². The summed E-state index contributed by atoms with van der Waals surface area (Å²) in [5.41, 5.74) is 0. The molecule has 0 bridgehead atoms. The highest BCUT2D eigenvalue weighted by Gasteiger charge is 2.37. The Morgan fingerprint density at radius 3 is 2.16 bits per heavy atom. The zero-order chi connectivity index (χ0) is 13.7. The van der Waals surface area contributed by atoms with E-state index < -0.39 is 10.2 Å². The Kier molecular flexibility index (Phi) is 5.62. The molecular formula is C13H26N2O3S. The Balaban J connectivity index is 2.07. The van der Waals surface area contributed by atoms with Crippen LogP contribution < -0.4 is 0 Å². The third kappa shape index (κ3) is 3.68. The molecule has 2 fully saturated rings. The zero-order valence-corrected chi connectivity index (χ0v) is 12.4. The van der Waals surface area contributed by atoms with Crippen molar-refractivity contribution in [2.45, 2.75) is 57.4 Å². The number of rotatable bonds is 6. The van der Waals surface area contributed by atoms with Gasteiger partial charge in [-0.2, -0.15) is 17.0 Å². The lowest BCUT2D eigenvalue weighted by molar-refractivity contribution is 0.187. The first kappa shape index (κ1) is 15.2. The fourth-order valence-electron chi connectivity index (χ4n) is 2.81. The van der Waals surface area contributed by atoms with E-state index in [4.69, 9.17) is 5.11 Å². The minimum absolute atomic E-state index is 0.0543. The molecule has 0 radical (unpaired) electrons. The van der Waals surface area contributed by atoms with Crippen molar-refractivity contribution in [1.82, 2.24) is 8.61 Å². The minimum atomic E-state index is -3.32. The highest BCUT2D eigenvalue weighted by molar-refractivity contribution is 7.86. The average Bonchev–Trinajstić information content (AvgIpc) is 2.60. The van der Waals surface area contributed by atoms with Crippen LogP contribution in [0.1, 0.15) is 51.4 Å². The summed E-state index contributed by atoms with van der Waals surface area (Å²) in [7, 11) is -3.32. The maximum atomic E-state index is 12.7. The van der Waals surface area contributed by atoms with E-state index in [0.717, 1.165) is 44.9 Å². The fourth-order valence-corrected chi connectivity index (χ4v) is 4.77. The molecule has 2 aliphatic rings. The van der Waals surface area contributed by atoms with Crippen molar-refractivity contribution >= 4 is 10.2 Å². The Bertz CT molecular complexity index is 360. The highest BCUT2D eigenvalue weighted by Crippen LogP contribution is 2.29. The van der Waals surface area contributed by atoms with Crippen LogP contribution in [-0.4, -0.2) is 54.4 Å².